The van der Waals surface area contributed by atoms with Gasteiger partial charge in [0.25, 0.3) is 0 Å². The molecule has 0 radical (unpaired) electrons. The van der Waals surface area contributed by atoms with E-state index in [-0.39, 0.29) is 6.09 Å². The summed E-state index contributed by atoms with van der Waals surface area (Å²) in [6, 6.07) is 3.94. The van der Waals surface area contributed by atoms with E-state index in [4.69, 9.17) is 4.74 Å². The fourth-order valence-corrected chi connectivity index (χ4v) is 4.40. The monoisotopic (exact) mass is 291 g/mol. The molecule has 0 aliphatic carbocycles. The smallest absolute Gasteiger partial charge is 0.418 e. The number of carbonyl (C=O) groups excluding carboxylic acids is 1. The zero-order chi connectivity index (χ0) is 14.3. The lowest BCUT2D eigenvalue weighted by Crippen LogP contribution is -2.27. The Balaban J connectivity index is 1.85. The molecule has 1 saturated heterocycles. The van der Waals surface area contributed by atoms with Crippen LogP contribution in [0.4, 0.5) is 4.79 Å². The molecule has 0 aromatic carbocycles. The number of allylic oxidation sites excluding steroid dienone is 1. The molecule has 4 heteroatoms. The van der Waals surface area contributed by atoms with Crippen molar-refractivity contribution in [2.75, 3.05) is 0 Å². The Kier molecular flexibility index (Phi) is 3.44. The third-order valence-corrected chi connectivity index (χ3v) is 5.15. The number of carbonyl (C=O) groups is 1. The normalized spacial score (nSPS) is 25.4. The van der Waals surface area contributed by atoms with E-state index in [0.717, 1.165) is 17.4 Å². The van der Waals surface area contributed by atoms with Gasteiger partial charge in [0, 0.05) is 16.7 Å². The molecule has 3 rings (SSSR count). The van der Waals surface area contributed by atoms with Gasteiger partial charge in [-0.1, -0.05) is 6.08 Å². The third kappa shape index (κ3) is 2.80. The number of fused-ring (bicyclic) bond motifs is 2. The van der Waals surface area contributed by atoms with Crippen LogP contribution in [-0.4, -0.2) is 26.8 Å². The SMILES string of the molecule is CC(C)(C)OC(=O)n1cccc1C1=CC2CCC(C1)S2. The molecule has 20 heavy (non-hydrogen) atoms. The highest BCUT2D eigenvalue weighted by atomic mass is 32.2. The quantitative estimate of drug-likeness (QED) is 0.772. The number of ether oxygens (including phenoxy) is 1. The van der Waals surface area contributed by atoms with E-state index in [1.807, 2.05) is 32.9 Å². The van der Waals surface area contributed by atoms with Gasteiger partial charge in [-0.3, -0.25) is 4.57 Å². The first-order valence-corrected chi connectivity index (χ1v) is 8.14. The van der Waals surface area contributed by atoms with Crippen molar-refractivity contribution in [3.63, 3.8) is 0 Å². The Morgan fingerprint density at radius 2 is 2.20 bits per heavy atom. The fourth-order valence-electron chi connectivity index (χ4n) is 2.85. The highest BCUT2D eigenvalue weighted by molar-refractivity contribution is 8.01. The molecular formula is C16H21NO2S. The van der Waals surface area contributed by atoms with Gasteiger partial charge in [0.1, 0.15) is 5.60 Å². The first kappa shape index (κ1) is 13.8. The third-order valence-electron chi connectivity index (χ3n) is 3.64. The molecule has 2 bridgehead atoms. The molecule has 2 atom stereocenters. The van der Waals surface area contributed by atoms with Crippen LogP contribution < -0.4 is 0 Å². The number of rotatable bonds is 1. The van der Waals surface area contributed by atoms with Crippen molar-refractivity contribution in [3.05, 3.63) is 30.1 Å². The average Bonchev–Trinajstić information content (AvgIpc) is 2.94. The van der Waals surface area contributed by atoms with Crippen LogP contribution >= 0.6 is 11.8 Å². The Morgan fingerprint density at radius 1 is 1.40 bits per heavy atom. The van der Waals surface area contributed by atoms with Gasteiger partial charge in [0.05, 0.1) is 5.69 Å². The summed E-state index contributed by atoms with van der Waals surface area (Å²) in [5, 5.41) is 1.35. The topological polar surface area (TPSA) is 31.2 Å². The maximum Gasteiger partial charge on any atom is 0.418 e. The molecule has 3 heterocycles. The standard InChI is InChI=1S/C16H21NO2S/c1-16(2,3)19-15(18)17-8-4-5-14(17)11-9-12-6-7-13(10-11)20-12/h4-5,8-9,12-13H,6-7,10H2,1-3H3. The van der Waals surface area contributed by atoms with E-state index in [1.165, 1.54) is 18.4 Å². The number of nitrogens with zero attached hydrogens (tertiary/aromatic N) is 1. The first-order chi connectivity index (χ1) is 9.42. The van der Waals surface area contributed by atoms with Crippen molar-refractivity contribution in [2.24, 2.45) is 0 Å². The first-order valence-electron chi connectivity index (χ1n) is 7.19. The van der Waals surface area contributed by atoms with Gasteiger partial charge in [-0.05, 0) is 57.7 Å². The molecule has 1 aromatic rings. The predicted octanol–water partition coefficient (Wildman–Crippen LogP) is 4.32. The van der Waals surface area contributed by atoms with E-state index in [1.54, 1.807) is 10.8 Å². The molecular weight excluding hydrogens is 270 g/mol. The summed E-state index contributed by atoms with van der Waals surface area (Å²) in [5.74, 6) is 0. The molecule has 2 unspecified atom stereocenters. The van der Waals surface area contributed by atoms with Crippen LogP contribution in [-0.2, 0) is 4.74 Å². The number of thioether (sulfide) groups is 1. The summed E-state index contributed by atoms with van der Waals surface area (Å²) in [6.07, 6.45) is 7.48. The summed E-state index contributed by atoms with van der Waals surface area (Å²) in [7, 11) is 0. The van der Waals surface area contributed by atoms with Gasteiger partial charge in [0.15, 0.2) is 0 Å². The van der Waals surface area contributed by atoms with Crippen molar-refractivity contribution >= 4 is 23.4 Å². The molecule has 108 valence electrons. The van der Waals surface area contributed by atoms with E-state index in [0.29, 0.717) is 5.25 Å². The fraction of sp³-hybridized carbons (Fsp3) is 0.562. The van der Waals surface area contributed by atoms with E-state index >= 15 is 0 Å². The highest BCUT2D eigenvalue weighted by Crippen LogP contribution is 2.45. The minimum atomic E-state index is -0.464. The van der Waals surface area contributed by atoms with E-state index < -0.39 is 5.60 Å². The van der Waals surface area contributed by atoms with Gasteiger partial charge in [0.2, 0.25) is 0 Å². The van der Waals surface area contributed by atoms with Crippen LogP contribution in [0.15, 0.2) is 24.4 Å². The van der Waals surface area contributed by atoms with E-state index in [9.17, 15) is 4.79 Å². The molecule has 2 aliphatic rings. The maximum atomic E-state index is 12.3. The zero-order valence-corrected chi connectivity index (χ0v) is 13.1. The largest absolute Gasteiger partial charge is 0.443 e. The number of aromatic nitrogens is 1. The number of hydrogen-bond acceptors (Lipinski definition) is 3. The van der Waals surface area contributed by atoms with Crippen LogP contribution in [0.25, 0.3) is 5.57 Å². The lowest BCUT2D eigenvalue weighted by Gasteiger charge is -2.23. The molecule has 0 amide bonds. The lowest BCUT2D eigenvalue weighted by molar-refractivity contribution is 0.0536. The molecule has 1 fully saturated rings. The zero-order valence-electron chi connectivity index (χ0n) is 12.3. The predicted molar refractivity (Wildman–Crippen MR) is 83.1 cm³/mol. The van der Waals surface area contributed by atoms with Gasteiger partial charge < -0.3 is 4.74 Å². The Morgan fingerprint density at radius 3 is 2.90 bits per heavy atom. The summed E-state index contributed by atoms with van der Waals surface area (Å²) >= 11 is 2.08. The molecule has 0 N–H and O–H groups in total. The minimum absolute atomic E-state index is 0.288. The van der Waals surface area contributed by atoms with Crippen LogP contribution in [0.3, 0.4) is 0 Å². The van der Waals surface area contributed by atoms with Gasteiger partial charge in [-0.25, -0.2) is 4.79 Å². The van der Waals surface area contributed by atoms with Gasteiger partial charge >= 0.3 is 6.09 Å². The Hall–Kier alpha value is -1.16. The second-order valence-electron chi connectivity index (χ2n) is 6.51. The molecule has 1 aromatic heterocycles. The van der Waals surface area contributed by atoms with Crippen molar-refractivity contribution in [1.82, 2.24) is 4.57 Å². The van der Waals surface area contributed by atoms with Crippen LogP contribution in [0.5, 0.6) is 0 Å². The van der Waals surface area contributed by atoms with Crippen LogP contribution in [0.1, 0.15) is 45.7 Å². The number of hydrogen-bond donors (Lipinski definition) is 0. The van der Waals surface area contributed by atoms with Gasteiger partial charge in [-0.15, -0.1) is 0 Å². The summed E-state index contributed by atoms with van der Waals surface area (Å²) in [4.78, 5) is 12.3. The molecule has 3 nitrogen and oxygen atoms in total. The minimum Gasteiger partial charge on any atom is -0.443 e. The lowest BCUT2D eigenvalue weighted by atomic mass is 10.1. The summed E-state index contributed by atoms with van der Waals surface area (Å²) in [6.45, 7) is 5.68. The van der Waals surface area contributed by atoms with Crippen molar-refractivity contribution in [3.8, 4) is 0 Å². The summed E-state index contributed by atoms with van der Waals surface area (Å²) < 4.78 is 7.12. The van der Waals surface area contributed by atoms with Crippen LogP contribution in [0.2, 0.25) is 0 Å². The Bertz CT molecular complexity index is 553. The van der Waals surface area contributed by atoms with Crippen molar-refractivity contribution < 1.29 is 9.53 Å². The highest BCUT2D eigenvalue weighted by Gasteiger charge is 2.31. The van der Waals surface area contributed by atoms with E-state index in [2.05, 4.69) is 17.8 Å². The maximum absolute atomic E-state index is 12.3. The second kappa shape index (κ2) is 4.99. The Labute approximate surface area is 124 Å². The summed E-state index contributed by atoms with van der Waals surface area (Å²) in [5.41, 5.74) is 1.83. The van der Waals surface area contributed by atoms with Gasteiger partial charge in [-0.2, -0.15) is 11.8 Å². The molecule has 0 saturated carbocycles. The van der Waals surface area contributed by atoms with Crippen molar-refractivity contribution in [1.29, 1.82) is 0 Å². The molecule has 2 aliphatic heterocycles. The second-order valence-corrected chi connectivity index (χ2v) is 8.06. The van der Waals surface area contributed by atoms with Crippen molar-refractivity contribution in [2.45, 2.75) is 56.1 Å². The molecule has 0 spiro atoms. The average molecular weight is 291 g/mol. The van der Waals surface area contributed by atoms with Crippen LogP contribution in [0, 0.1) is 0 Å².